The van der Waals surface area contributed by atoms with Crippen LogP contribution in [0.1, 0.15) is 20.8 Å². The van der Waals surface area contributed by atoms with E-state index in [1.807, 2.05) is 6.92 Å². The van der Waals surface area contributed by atoms with Crippen LogP contribution in [-0.2, 0) is 0 Å². The van der Waals surface area contributed by atoms with Gasteiger partial charge in [0.1, 0.15) is 0 Å². The molecule has 0 heterocycles. The van der Waals surface area contributed by atoms with Crippen molar-refractivity contribution in [3.63, 3.8) is 0 Å². The van der Waals surface area contributed by atoms with Crippen molar-refractivity contribution in [3.8, 4) is 12.3 Å². The van der Waals surface area contributed by atoms with E-state index in [9.17, 15) is 0 Å². The summed E-state index contributed by atoms with van der Waals surface area (Å²) >= 11 is 0. The first-order valence-electron chi connectivity index (χ1n) is 2.48. The van der Waals surface area contributed by atoms with Crippen molar-refractivity contribution in [2.45, 2.75) is 20.8 Å². The molecule has 0 aromatic heterocycles. The number of hydrogen-bond donors (Lipinski definition) is 0. The third kappa shape index (κ3) is 2.28. The molecule has 0 saturated heterocycles. The van der Waals surface area contributed by atoms with E-state index in [0.717, 1.165) is 5.92 Å². The first-order valence-corrected chi connectivity index (χ1v) is 2.48. The Kier molecular flexibility index (Phi) is 2.52. The van der Waals surface area contributed by atoms with E-state index >= 15 is 0 Å². The summed E-state index contributed by atoms with van der Waals surface area (Å²) < 4.78 is 0. The molecule has 0 bridgehead atoms. The molecule has 0 aromatic carbocycles. The Morgan fingerprint density at radius 3 is 2.00 bits per heavy atom. The Morgan fingerprint density at radius 1 is 1.57 bits per heavy atom. The van der Waals surface area contributed by atoms with Crippen LogP contribution in [0.3, 0.4) is 0 Å². The van der Waals surface area contributed by atoms with Crippen LogP contribution in [0.2, 0.25) is 0 Å². The van der Waals surface area contributed by atoms with Gasteiger partial charge >= 0.3 is 0 Å². The summed E-state index contributed by atoms with van der Waals surface area (Å²) in [5.41, 5.74) is 0. The zero-order chi connectivity index (χ0) is 5.86. The summed E-state index contributed by atoms with van der Waals surface area (Å²) in [6.07, 6.45) is 5.09. The molecule has 0 atom stereocenters. The molecule has 0 aromatic rings. The first-order chi connectivity index (χ1) is 3.18. The summed E-state index contributed by atoms with van der Waals surface area (Å²) in [6.45, 7) is 6.16. The van der Waals surface area contributed by atoms with E-state index in [1.165, 1.54) is 0 Å². The summed E-state index contributed by atoms with van der Waals surface area (Å²) in [5.74, 6) is 4.25. The van der Waals surface area contributed by atoms with Crippen molar-refractivity contribution in [2.24, 2.45) is 5.92 Å². The van der Waals surface area contributed by atoms with Crippen LogP contribution in [0.25, 0.3) is 0 Å². The fourth-order valence-corrected chi connectivity index (χ4v) is 0.167. The van der Waals surface area contributed by atoms with Gasteiger partial charge in [0.25, 0.3) is 0 Å². The van der Waals surface area contributed by atoms with Crippen LogP contribution >= 0.6 is 0 Å². The van der Waals surface area contributed by atoms with Crippen molar-refractivity contribution in [1.29, 1.82) is 0 Å². The molecule has 0 saturated carbocycles. The Hall–Kier alpha value is -0.440. The lowest BCUT2D eigenvalue weighted by Gasteiger charge is -2.03. The fraction of sp³-hybridized carbons (Fsp3) is 0.571. The molecule has 0 fully saturated rings. The molecule has 0 unspecified atom stereocenters. The average molecular weight is 95.2 g/mol. The summed E-state index contributed by atoms with van der Waals surface area (Å²) in [6, 6.07) is 0. The monoisotopic (exact) mass is 95.1 g/mol. The molecule has 0 rings (SSSR count). The van der Waals surface area contributed by atoms with E-state index in [4.69, 9.17) is 6.42 Å². The van der Waals surface area contributed by atoms with E-state index in [-0.39, 0.29) is 0 Å². The summed E-state index contributed by atoms with van der Waals surface area (Å²) in [4.78, 5) is 0. The Morgan fingerprint density at radius 2 is 2.00 bits per heavy atom. The molecular formula is C7H11. The largest absolute Gasteiger partial charge is 0.119 e. The minimum Gasteiger partial charge on any atom is -0.119 e. The lowest BCUT2D eigenvalue weighted by molar-refractivity contribution is 0.712. The molecule has 0 aliphatic rings. The maximum atomic E-state index is 5.09. The van der Waals surface area contributed by atoms with Crippen molar-refractivity contribution in [3.05, 3.63) is 5.92 Å². The maximum absolute atomic E-state index is 5.09. The van der Waals surface area contributed by atoms with Gasteiger partial charge in [-0.05, 0) is 12.8 Å². The van der Waals surface area contributed by atoms with Gasteiger partial charge in [-0.25, -0.2) is 0 Å². The van der Waals surface area contributed by atoms with Gasteiger partial charge in [0, 0.05) is 5.92 Å². The number of rotatable bonds is 1. The molecule has 0 aliphatic carbocycles. The molecule has 0 spiro atoms. The minimum absolute atomic E-state index is 0.546. The Labute approximate surface area is 45.9 Å². The molecule has 0 heteroatoms. The molecule has 0 amide bonds. The quantitative estimate of drug-likeness (QED) is 0.436. The zero-order valence-electron chi connectivity index (χ0n) is 5.15. The average Bonchev–Trinajstić information content (AvgIpc) is 1.65. The molecule has 0 N–H and O–H groups in total. The van der Waals surface area contributed by atoms with E-state index in [0.29, 0.717) is 5.92 Å². The van der Waals surface area contributed by atoms with Crippen LogP contribution in [-0.4, -0.2) is 0 Å². The minimum atomic E-state index is 0.546. The lowest BCUT2D eigenvalue weighted by Crippen LogP contribution is -1.95. The molecule has 39 valence electrons. The molecule has 0 nitrogen and oxygen atoms in total. The first kappa shape index (κ1) is 6.56. The Bertz CT molecular complexity index is 74.5. The van der Waals surface area contributed by atoms with Gasteiger partial charge in [-0.3, -0.25) is 0 Å². The number of terminal acetylenes is 1. The third-order valence-electron chi connectivity index (χ3n) is 1.09. The summed E-state index contributed by atoms with van der Waals surface area (Å²) in [7, 11) is 0. The van der Waals surface area contributed by atoms with Gasteiger partial charge in [0.15, 0.2) is 0 Å². The standard InChI is InChI=1S/C7H11/c1-5-7(4)6(2)3/h1,6H,2-4H3. The molecule has 7 heavy (non-hydrogen) atoms. The predicted molar refractivity (Wildman–Crippen MR) is 32.6 cm³/mol. The highest BCUT2D eigenvalue weighted by Crippen LogP contribution is 2.08. The van der Waals surface area contributed by atoms with Crippen LogP contribution in [0.4, 0.5) is 0 Å². The van der Waals surface area contributed by atoms with Crippen LogP contribution < -0.4 is 0 Å². The van der Waals surface area contributed by atoms with Crippen molar-refractivity contribution < 1.29 is 0 Å². The smallest absolute Gasteiger partial charge is 0.0471 e. The second-order valence-electron chi connectivity index (χ2n) is 1.98. The third-order valence-corrected chi connectivity index (χ3v) is 1.09. The van der Waals surface area contributed by atoms with Crippen molar-refractivity contribution in [2.75, 3.05) is 0 Å². The van der Waals surface area contributed by atoms with Crippen LogP contribution in [0.5, 0.6) is 0 Å². The second-order valence-corrected chi connectivity index (χ2v) is 1.98. The molecule has 0 aliphatic heterocycles. The topological polar surface area (TPSA) is 0 Å². The summed E-state index contributed by atoms with van der Waals surface area (Å²) in [5, 5.41) is 0. The fourth-order valence-electron chi connectivity index (χ4n) is 0.167. The lowest BCUT2D eigenvalue weighted by atomic mass is 10.00. The highest BCUT2D eigenvalue weighted by molar-refractivity contribution is 5.15. The predicted octanol–water partition coefficient (Wildman–Crippen LogP) is 1.87. The van der Waals surface area contributed by atoms with E-state index < -0.39 is 0 Å². The highest BCUT2D eigenvalue weighted by atomic mass is 14.0. The van der Waals surface area contributed by atoms with Gasteiger partial charge < -0.3 is 0 Å². The SMILES string of the molecule is C#C[C](C)C(C)C. The van der Waals surface area contributed by atoms with Gasteiger partial charge in [0.05, 0.1) is 0 Å². The van der Waals surface area contributed by atoms with Gasteiger partial charge in [-0.2, -0.15) is 0 Å². The van der Waals surface area contributed by atoms with Crippen LogP contribution in [0, 0.1) is 24.2 Å². The van der Waals surface area contributed by atoms with Gasteiger partial charge in [-0.1, -0.05) is 19.8 Å². The van der Waals surface area contributed by atoms with E-state index in [2.05, 4.69) is 19.8 Å². The zero-order valence-corrected chi connectivity index (χ0v) is 5.15. The second kappa shape index (κ2) is 2.69. The van der Waals surface area contributed by atoms with Gasteiger partial charge in [-0.15, -0.1) is 6.42 Å². The van der Waals surface area contributed by atoms with Crippen molar-refractivity contribution >= 4 is 0 Å². The van der Waals surface area contributed by atoms with Gasteiger partial charge in [0.2, 0.25) is 0 Å². The highest BCUT2D eigenvalue weighted by Gasteiger charge is 2.00. The molecular weight excluding hydrogens is 84.1 g/mol. The van der Waals surface area contributed by atoms with Crippen molar-refractivity contribution in [1.82, 2.24) is 0 Å². The van der Waals surface area contributed by atoms with Crippen LogP contribution in [0.15, 0.2) is 0 Å². The Balaban J connectivity index is 3.40. The molecule has 1 radical (unpaired) electrons. The maximum Gasteiger partial charge on any atom is 0.0471 e. The number of hydrogen-bond acceptors (Lipinski definition) is 0. The normalized spacial score (nSPS) is 9.71. The van der Waals surface area contributed by atoms with E-state index in [1.54, 1.807) is 0 Å².